The van der Waals surface area contributed by atoms with Gasteiger partial charge < -0.3 is 15.4 Å². The molecule has 0 fully saturated rings. The third-order valence-electron chi connectivity index (χ3n) is 5.66. The normalized spacial score (nSPS) is 13.9. The second-order valence-electron chi connectivity index (χ2n) is 8.32. The van der Waals surface area contributed by atoms with Crippen LogP contribution in [0, 0.1) is 13.8 Å². The molecule has 4 rings (SSSR count). The Morgan fingerprint density at radius 3 is 2.47 bits per heavy atom. The van der Waals surface area contributed by atoms with E-state index in [-0.39, 0.29) is 23.9 Å². The van der Waals surface area contributed by atoms with Crippen molar-refractivity contribution in [2.75, 3.05) is 19.0 Å². The molecular weight excluding hydrogens is 456 g/mol. The van der Waals surface area contributed by atoms with Crippen LogP contribution >= 0.6 is 0 Å². The lowest BCUT2D eigenvalue weighted by Crippen LogP contribution is -2.37. The number of aromatic nitrogens is 2. The zero-order valence-electron chi connectivity index (χ0n) is 19.2. The molecule has 2 heterocycles. The number of benzene rings is 2. The molecule has 0 saturated carbocycles. The summed E-state index contributed by atoms with van der Waals surface area (Å²) in [4.78, 5) is 25.1. The molecule has 0 spiro atoms. The topological polar surface area (TPSA) is 119 Å². The summed E-state index contributed by atoms with van der Waals surface area (Å²) in [6.07, 6.45) is 0.539. The maximum absolute atomic E-state index is 12.7. The van der Waals surface area contributed by atoms with E-state index in [1.807, 2.05) is 56.3 Å². The van der Waals surface area contributed by atoms with Gasteiger partial charge in [-0.25, -0.2) is 13.1 Å². The lowest BCUT2D eigenvalue weighted by atomic mass is 10.1. The first-order chi connectivity index (χ1) is 16.2. The van der Waals surface area contributed by atoms with Crippen molar-refractivity contribution in [1.29, 1.82) is 0 Å². The quantitative estimate of drug-likeness (QED) is 0.520. The number of fused-ring (bicyclic) bond motifs is 1. The second-order valence-corrected chi connectivity index (χ2v) is 10.4. The van der Waals surface area contributed by atoms with E-state index in [4.69, 9.17) is 4.74 Å². The van der Waals surface area contributed by atoms with Gasteiger partial charge in [0.15, 0.2) is 9.84 Å². The molecule has 3 aromatic rings. The number of carbonyl (C=O) groups is 2. The molecule has 34 heavy (non-hydrogen) atoms. The Kier molecular flexibility index (Phi) is 6.43. The van der Waals surface area contributed by atoms with Gasteiger partial charge in [-0.1, -0.05) is 29.8 Å². The Bertz CT molecular complexity index is 1360. The molecule has 9 nitrogen and oxygen atoms in total. The molecule has 2 N–H and O–H groups in total. The number of methoxy groups -OCH3 is 1. The lowest BCUT2D eigenvalue weighted by molar-refractivity contribution is -0.136. The van der Waals surface area contributed by atoms with Crippen LogP contribution in [-0.2, 0) is 37.4 Å². The minimum atomic E-state index is -3.34. The number of carbonyl (C=O) groups excluding carboxylic acids is 2. The fraction of sp³-hybridized carbons (Fsp3) is 0.292. The average molecular weight is 483 g/mol. The molecule has 178 valence electrons. The molecular formula is C24H26N4O5S. The number of hydrogen-bond donors (Lipinski definition) is 2. The van der Waals surface area contributed by atoms with Crippen LogP contribution in [0.5, 0.6) is 5.75 Å². The molecule has 0 radical (unpaired) electrons. The van der Waals surface area contributed by atoms with Crippen LogP contribution < -0.4 is 15.4 Å². The predicted octanol–water partition coefficient (Wildman–Crippen LogP) is 2.22. The number of sulfone groups is 1. The average Bonchev–Trinajstić information content (AvgIpc) is 3.26. The predicted molar refractivity (Wildman–Crippen MR) is 128 cm³/mol. The number of ether oxygens (including phenoxy) is 1. The van der Waals surface area contributed by atoms with Crippen molar-refractivity contribution >= 4 is 27.5 Å². The van der Waals surface area contributed by atoms with Gasteiger partial charge in [-0.05, 0) is 49.6 Å². The van der Waals surface area contributed by atoms with Crippen LogP contribution in [0.4, 0.5) is 5.82 Å². The van der Waals surface area contributed by atoms with E-state index < -0.39 is 21.7 Å². The van der Waals surface area contributed by atoms with Gasteiger partial charge in [0, 0.05) is 12.1 Å². The minimum Gasteiger partial charge on any atom is -0.497 e. The monoisotopic (exact) mass is 482 g/mol. The SMILES string of the molecule is COc1ccc(CCNC(=O)C(=O)Nc2c3c(nn2-c2ccc(C)cc2C)CS(=O)(=O)C3)cc1. The fourth-order valence-corrected chi connectivity index (χ4v) is 5.44. The molecule has 0 bridgehead atoms. The molecule has 1 aromatic heterocycles. The fourth-order valence-electron chi connectivity index (χ4n) is 3.95. The Morgan fingerprint density at radius 2 is 1.79 bits per heavy atom. The standard InChI is InChI=1S/C24H26N4O5S/c1-15-4-9-21(16(2)12-15)28-22(19-13-34(31,32)14-20(19)27-28)26-24(30)23(29)25-11-10-17-5-7-18(33-3)8-6-17/h4-9,12H,10-11,13-14H2,1-3H3,(H,25,29)(H,26,30). The van der Waals surface area contributed by atoms with E-state index in [2.05, 4.69) is 15.7 Å². The molecule has 1 aliphatic rings. The molecule has 0 saturated heterocycles. The summed E-state index contributed by atoms with van der Waals surface area (Å²) in [5, 5.41) is 9.66. The summed E-state index contributed by atoms with van der Waals surface area (Å²) < 4.78 is 30.9. The van der Waals surface area contributed by atoms with Crippen LogP contribution in [-0.4, -0.2) is 43.7 Å². The van der Waals surface area contributed by atoms with E-state index in [1.54, 1.807) is 7.11 Å². The van der Waals surface area contributed by atoms with E-state index in [0.29, 0.717) is 23.4 Å². The highest BCUT2D eigenvalue weighted by atomic mass is 32.2. The minimum absolute atomic E-state index is 0.197. The van der Waals surface area contributed by atoms with Crippen LogP contribution in [0.3, 0.4) is 0 Å². The third-order valence-corrected chi connectivity index (χ3v) is 7.11. The van der Waals surface area contributed by atoms with Crippen molar-refractivity contribution in [3.63, 3.8) is 0 Å². The van der Waals surface area contributed by atoms with E-state index >= 15 is 0 Å². The van der Waals surface area contributed by atoms with Crippen LogP contribution in [0.25, 0.3) is 5.69 Å². The summed E-state index contributed by atoms with van der Waals surface area (Å²) in [5.74, 6) is -1.18. The van der Waals surface area contributed by atoms with E-state index in [1.165, 1.54) is 4.68 Å². The Morgan fingerprint density at radius 1 is 1.06 bits per heavy atom. The number of hydrogen-bond acceptors (Lipinski definition) is 6. The van der Waals surface area contributed by atoms with Crippen molar-refractivity contribution in [3.05, 3.63) is 70.4 Å². The van der Waals surface area contributed by atoms with Crippen molar-refractivity contribution < 1.29 is 22.7 Å². The number of anilines is 1. The summed E-state index contributed by atoms with van der Waals surface area (Å²) in [5.41, 5.74) is 4.45. The van der Waals surface area contributed by atoms with Crippen molar-refractivity contribution in [3.8, 4) is 11.4 Å². The van der Waals surface area contributed by atoms with Gasteiger partial charge in [-0.15, -0.1) is 0 Å². The van der Waals surface area contributed by atoms with E-state index in [9.17, 15) is 18.0 Å². The first-order valence-corrected chi connectivity index (χ1v) is 12.6. The van der Waals surface area contributed by atoms with Crippen molar-refractivity contribution in [2.45, 2.75) is 31.8 Å². The zero-order valence-corrected chi connectivity index (χ0v) is 20.0. The lowest BCUT2D eigenvalue weighted by Gasteiger charge is -2.13. The number of nitrogens with one attached hydrogen (secondary N) is 2. The molecule has 0 aliphatic carbocycles. The Labute approximate surface area is 198 Å². The first kappa shape index (κ1) is 23.5. The highest BCUT2D eigenvalue weighted by Gasteiger charge is 2.34. The molecule has 2 aromatic carbocycles. The summed E-state index contributed by atoms with van der Waals surface area (Å²) >= 11 is 0. The number of nitrogens with zero attached hydrogens (tertiary/aromatic N) is 2. The van der Waals surface area contributed by atoms with Crippen LogP contribution in [0.15, 0.2) is 42.5 Å². The van der Waals surface area contributed by atoms with Crippen molar-refractivity contribution in [2.24, 2.45) is 0 Å². The number of rotatable bonds is 6. The summed E-state index contributed by atoms with van der Waals surface area (Å²) in [6, 6.07) is 13.2. The third kappa shape index (κ3) is 4.96. The number of amides is 2. The smallest absolute Gasteiger partial charge is 0.314 e. The Hall–Kier alpha value is -3.66. The molecule has 0 atom stereocenters. The Balaban J connectivity index is 1.50. The van der Waals surface area contributed by atoms with Gasteiger partial charge in [0.2, 0.25) is 0 Å². The molecule has 10 heteroatoms. The van der Waals surface area contributed by atoms with Gasteiger partial charge in [0.25, 0.3) is 0 Å². The largest absolute Gasteiger partial charge is 0.497 e. The molecule has 1 aliphatic heterocycles. The van der Waals surface area contributed by atoms with Gasteiger partial charge in [-0.2, -0.15) is 5.10 Å². The van der Waals surface area contributed by atoms with Gasteiger partial charge in [0.05, 0.1) is 30.0 Å². The summed E-state index contributed by atoms with van der Waals surface area (Å²) in [7, 11) is -1.75. The number of aryl methyl sites for hydroxylation is 2. The highest BCUT2D eigenvalue weighted by Crippen LogP contribution is 2.33. The first-order valence-electron chi connectivity index (χ1n) is 10.8. The molecule has 2 amide bonds. The van der Waals surface area contributed by atoms with Gasteiger partial charge >= 0.3 is 11.8 Å². The second kappa shape index (κ2) is 9.30. The maximum atomic E-state index is 12.7. The summed E-state index contributed by atoms with van der Waals surface area (Å²) in [6.45, 7) is 4.14. The molecule has 0 unspecified atom stereocenters. The zero-order chi connectivity index (χ0) is 24.5. The van der Waals surface area contributed by atoms with Crippen molar-refractivity contribution in [1.82, 2.24) is 15.1 Å². The highest BCUT2D eigenvalue weighted by molar-refractivity contribution is 7.90. The van der Waals surface area contributed by atoms with Crippen LogP contribution in [0.1, 0.15) is 27.9 Å². The van der Waals surface area contributed by atoms with E-state index in [0.717, 1.165) is 22.4 Å². The van der Waals surface area contributed by atoms with Gasteiger partial charge in [0.1, 0.15) is 11.6 Å². The van der Waals surface area contributed by atoms with Gasteiger partial charge in [-0.3, -0.25) is 9.59 Å². The van der Waals surface area contributed by atoms with Crippen LogP contribution in [0.2, 0.25) is 0 Å². The maximum Gasteiger partial charge on any atom is 0.314 e.